The van der Waals surface area contributed by atoms with E-state index in [-0.39, 0.29) is 5.41 Å². The Morgan fingerprint density at radius 1 is 0.500 bits per heavy atom. The van der Waals surface area contributed by atoms with E-state index in [0.717, 1.165) is 47.1 Å². The lowest BCUT2D eigenvalue weighted by Crippen LogP contribution is -2.24. The summed E-state index contributed by atoms with van der Waals surface area (Å²) in [7, 11) is 3.44. The van der Waals surface area contributed by atoms with Crippen molar-refractivity contribution in [2.24, 2.45) is 0 Å². The molecular formula is C48H42N2O2. The van der Waals surface area contributed by atoms with Gasteiger partial charge in [0.1, 0.15) is 11.5 Å². The molecule has 256 valence electrons. The number of benzene rings is 8. The van der Waals surface area contributed by atoms with Crippen molar-refractivity contribution < 1.29 is 9.47 Å². The molecule has 1 aliphatic carbocycles. The van der Waals surface area contributed by atoms with Gasteiger partial charge in [-0.1, -0.05) is 62.4 Å². The van der Waals surface area contributed by atoms with Crippen LogP contribution in [-0.2, 0) is 11.8 Å². The smallest absolute Gasteiger partial charge is 0.119 e. The number of rotatable bonds is 8. The van der Waals surface area contributed by atoms with Crippen LogP contribution in [0.15, 0.2) is 140 Å². The summed E-state index contributed by atoms with van der Waals surface area (Å²) < 4.78 is 11.1. The molecule has 0 amide bonds. The van der Waals surface area contributed by atoms with Crippen LogP contribution in [0.3, 0.4) is 0 Å². The third-order valence-corrected chi connectivity index (χ3v) is 11.2. The Bertz CT molecular complexity index is 2560. The molecule has 0 saturated carbocycles. The first-order valence-corrected chi connectivity index (χ1v) is 18.1. The molecule has 52 heavy (non-hydrogen) atoms. The van der Waals surface area contributed by atoms with Crippen molar-refractivity contribution in [3.8, 4) is 11.5 Å². The molecule has 0 spiro atoms. The van der Waals surface area contributed by atoms with E-state index in [1.54, 1.807) is 14.2 Å². The second-order valence-electron chi connectivity index (χ2n) is 14.6. The fourth-order valence-electron chi connectivity index (χ4n) is 8.47. The van der Waals surface area contributed by atoms with Gasteiger partial charge in [-0.3, -0.25) is 0 Å². The largest absolute Gasteiger partial charge is 0.497 e. The summed E-state index contributed by atoms with van der Waals surface area (Å²) in [5, 5.41) is 7.91. The third kappa shape index (κ3) is 5.04. The van der Waals surface area contributed by atoms with Crippen LogP contribution in [0.2, 0.25) is 0 Å². The van der Waals surface area contributed by atoms with E-state index < -0.39 is 0 Å². The van der Waals surface area contributed by atoms with Crippen molar-refractivity contribution in [2.45, 2.75) is 39.0 Å². The molecule has 0 fully saturated rings. The summed E-state index contributed by atoms with van der Waals surface area (Å²) >= 11 is 0. The molecule has 1 aliphatic rings. The lowest BCUT2D eigenvalue weighted by Gasteiger charge is -2.37. The van der Waals surface area contributed by atoms with Gasteiger partial charge in [-0.2, -0.15) is 0 Å². The number of nitrogens with zero attached hydrogens (tertiary/aromatic N) is 2. The molecule has 0 aliphatic heterocycles. The van der Waals surface area contributed by atoms with Gasteiger partial charge in [0.25, 0.3) is 0 Å². The van der Waals surface area contributed by atoms with Crippen LogP contribution in [0.1, 0.15) is 37.0 Å². The highest BCUT2D eigenvalue weighted by atomic mass is 16.5. The topological polar surface area (TPSA) is 24.9 Å². The predicted octanol–water partition coefficient (Wildman–Crippen LogP) is 13.1. The van der Waals surface area contributed by atoms with E-state index in [2.05, 4.69) is 170 Å². The SMILES string of the molecule is COc1ccc(N(c2ccccc2)c2cc(C)c3ccc4c(N(c5ccccc5)c5ccc(OC)cc5)cc5c6c(cc2c3c46)C(C)(C)CC5)cc1. The lowest BCUT2D eigenvalue weighted by atomic mass is 9.70. The van der Waals surface area contributed by atoms with Gasteiger partial charge in [-0.15, -0.1) is 0 Å². The quantitative estimate of drug-likeness (QED) is 0.149. The summed E-state index contributed by atoms with van der Waals surface area (Å²) in [6, 6.07) is 50.5. The molecule has 0 heterocycles. The second kappa shape index (κ2) is 12.3. The van der Waals surface area contributed by atoms with E-state index in [1.165, 1.54) is 60.4 Å². The van der Waals surface area contributed by atoms with Crippen LogP contribution in [0.5, 0.6) is 11.5 Å². The van der Waals surface area contributed by atoms with Crippen molar-refractivity contribution in [1.82, 2.24) is 0 Å². The van der Waals surface area contributed by atoms with Gasteiger partial charge >= 0.3 is 0 Å². The number of methoxy groups -OCH3 is 2. The number of aryl methyl sites for hydroxylation is 2. The minimum atomic E-state index is 0.0102. The molecule has 9 rings (SSSR count). The van der Waals surface area contributed by atoms with E-state index in [1.807, 2.05) is 0 Å². The first kappa shape index (κ1) is 31.9. The zero-order valence-corrected chi connectivity index (χ0v) is 30.4. The zero-order chi connectivity index (χ0) is 35.6. The van der Waals surface area contributed by atoms with Gasteiger partial charge in [-0.05, 0) is 149 Å². The van der Waals surface area contributed by atoms with Crippen LogP contribution < -0.4 is 19.3 Å². The molecule has 0 saturated heterocycles. The zero-order valence-electron chi connectivity index (χ0n) is 30.4. The van der Waals surface area contributed by atoms with Crippen LogP contribution in [-0.4, -0.2) is 14.2 Å². The van der Waals surface area contributed by atoms with Crippen molar-refractivity contribution in [2.75, 3.05) is 24.0 Å². The van der Waals surface area contributed by atoms with Crippen LogP contribution in [0.25, 0.3) is 32.3 Å². The Morgan fingerprint density at radius 3 is 1.54 bits per heavy atom. The summed E-state index contributed by atoms with van der Waals surface area (Å²) in [6.07, 6.45) is 2.11. The normalized spacial score (nSPS) is 13.5. The molecular weight excluding hydrogens is 637 g/mol. The maximum atomic E-state index is 5.57. The Labute approximate surface area is 305 Å². The monoisotopic (exact) mass is 678 g/mol. The molecule has 0 unspecified atom stereocenters. The highest BCUT2D eigenvalue weighted by Crippen LogP contribution is 2.53. The fraction of sp³-hybridized carbons (Fsp3) is 0.167. The number of ether oxygens (including phenoxy) is 2. The predicted molar refractivity (Wildman–Crippen MR) is 219 cm³/mol. The minimum absolute atomic E-state index is 0.0102. The average molecular weight is 679 g/mol. The summed E-state index contributed by atoms with van der Waals surface area (Å²) in [5.41, 5.74) is 10.9. The lowest BCUT2D eigenvalue weighted by molar-refractivity contribution is 0.414. The molecule has 8 aromatic carbocycles. The van der Waals surface area contributed by atoms with Gasteiger partial charge in [-0.25, -0.2) is 0 Å². The molecule has 0 radical (unpaired) electrons. The van der Waals surface area contributed by atoms with Gasteiger partial charge in [0.2, 0.25) is 0 Å². The highest BCUT2D eigenvalue weighted by Gasteiger charge is 2.33. The Balaban J connectivity index is 1.41. The molecule has 0 N–H and O–H groups in total. The molecule has 0 aromatic heterocycles. The first-order chi connectivity index (χ1) is 25.4. The van der Waals surface area contributed by atoms with Crippen molar-refractivity contribution >= 4 is 66.4 Å². The van der Waals surface area contributed by atoms with Crippen LogP contribution in [0.4, 0.5) is 34.1 Å². The van der Waals surface area contributed by atoms with Crippen LogP contribution >= 0.6 is 0 Å². The molecule has 0 atom stereocenters. The van der Waals surface area contributed by atoms with Gasteiger partial charge < -0.3 is 19.3 Å². The molecule has 4 heteroatoms. The summed E-state index contributed by atoms with van der Waals surface area (Å²) in [5.74, 6) is 1.69. The maximum Gasteiger partial charge on any atom is 0.119 e. The first-order valence-electron chi connectivity index (χ1n) is 18.1. The number of hydrogen-bond acceptors (Lipinski definition) is 4. The summed E-state index contributed by atoms with van der Waals surface area (Å²) in [6.45, 7) is 7.11. The molecule has 4 nitrogen and oxygen atoms in total. The number of hydrogen-bond donors (Lipinski definition) is 0. The minimum Gasteiger partial charge on any atom is -0.497 e. The van der Waals surface area contributed by atoms with Gasteiger partial charge in [0.15, 0.2) is 0 Å². The van der Waals surface area contributed by atoms with E-state index in [0.29, 0.717) is 0 Å². The highest BCUT2D eigenvalue weighted by molar-refractivity contribution is 6.30. The Morgan fingerprint density at radius 2 is 1.00 bits per heavy atom. The average Bonchev–Trinajstić information content (AvgIpc) is 3.18. The number of anilines is 6. The Kier molecular flexibility index (Phi) is 7.58. The van der Waals surface area contributed by atoms with Crippen molar-refractivity contribution in [1.29, 1.82) is 0 Å². The van der Waals surface area contributed by atoms with Gasteiger partial charge in [0, 0.05) is 38.9 Å². The third-order valence-electron chi connectivity index (χ3n) is 11.2. The van der Waals surface area contributed by atoms with E-state index >= 15 is 0 Å². The van der Waals surface area contributed by atoms with E-state index in [9.17, 15) is 0 Å². The maximum absolute atomic E-state index is 5.57. The van der Waals surface area contributed by atoms with Gasteiger partial charge in [0.05, 0.1) is 25.6 Å². The fourth-order valence-corrected chi connectivity index (χ4v) is 8.47. The van der Waals surface area contributed by atoms with Crippen LogP contribution in [0, 0.1) is 6.92 Å². The van der Waals surface area contributed by atoms with Crippen molar-refractivity contribution in [3.63, 3.8) is 0 Å². The summed E-state index contributed by atoms with van der Waals surface area (Å²) in [4.78, 5) is 4.83. The Hall–Kier alpha value is -6.00. The van der Waals surface area contributed by atoms with Crippen molar-refractivity contribution in [3.05, 3.63) is 156 Å². The van der Waals surface area contributed by atoms with E-state index in [4.69, 9.17) is 9.47 Å². The molecule has 0 bridgehead atoms. The standard InChI is InChI=1S/C48H42N2O2/c1-31-28-43(49(33-12-8-6-9-13-33)35-16-20-37(51-4)21-17-35)41-30-42-45-32(26-27-48(42,2)3)29-44(40-25-24-39(31)46(41)47(40)45)50(34-14-10-7-11-15-34)36-18-22-38(52-5)23-19-36/h6-25,28-30H,26-27H2,1-5H3. The second-order valence-corrected chi connectivity index (χ2v) is 14.6. The molecule has 8 aromatic rings. The number of para-hydroxylation sites is 2.